The number of rotatable bonds is 3. The zero-order valence-corrected chi connectivity index (χ0v) is 18.4. The van der Waals surface area contributed by atoms with Gasteiger partial charge in [0.1, 0.15) is 22.7 Å². The highest BCUT2D eigenvalue weighted by Crippen LogP contribution is 2.18. The van der Waals surface area contributed by atoms with Crippen LogP contribution in [0, 0.1) is 23.7 Å². The van der Waals surface area contributed by atoms with Crippen LogP contribution >= 0.6 is 0 Å². The zero-order chi connectivity index (χ0) is 22.5. The second kappa shape index (κ2) is 9.24. The number of benzene rings is 2. The molecule has 0 radical (unpaired) electrons. The third-order valence-corrected chi connectivity index (χ3v) is 4.80. The van der Waals surface area contributed by atoms with Crippen LogP contribution in [0.25, 0.3) is 11.2 Å². The molecule has 0 saturated heterocycles. The number of imidazole rings is 1. The molecule has 158 valence electrons. The minimum atomic E-state index is 0.194. The molecule has 0 aliphatic heterocycles. The molecule has 4 aromatic rings. The fourth-order valence-electron chi connectivity index (χ4n) is 3.05. The van der Waals surface area contributed by atoms with Gasteiger partial charge in [0.05, 0.1) is 20.5 Å². The van der Waals surface area contributed by atoms with Gasteiger partial charge >= 0.3 is 0 Å². The molecule has 0 amide bonds. The summed E-state index contributed by atoms with van der Waals surface area (Å²) in [7, 11) is 3.27. The highest BCUT2D eigenvalue weighted by Gasteiger charge is 2.13. The molecule has 0 saturated carbocycles. The van der Waals surface area contributed by atoms with Gasteiger partial charge in [-0.2, -0.15) is 0 Å². The summed E-state index contributed by atoms with van der Waals surface area (Å²) < 4.78 is 12.4. The molecule has 0 aliphatic rings. The van der Waals surface area contributed by atoms with Gasteiger partial charge in [-0.1, -0.05) is 11.8 Å². The predicted octanol–water partition coefficient (Wildman–Crippen LogP) is 4.22. The van der Waals surface area contributed by atoms with E-state index in [-0.39, 0.29) is 6.04 Å². The lowest BCUT2D eigenvalue weighted by Gasteiger charge is -2.07. The van der Waals surface area contributed by atoms with Gasteiger partial charge in [-0.25, -0.2) is 15.0 Å². The zero-order valence-electron chi connectivity index (χ0n) is 18.4. The Balaban J connectivity index is 1.76. The van der Waals surface area contributed by atoms with Crippen molar-refractivity contribution in [2.45, 2.75) is 19.9 Å². The number of hydrogen-bond acceptors (Lipinski definition) is 5. The second-order valence-corrected chi connectivity index (χ2v) is 7.27. The van der Waals surface area contributed by atoms with Crippen molar-refractivity contribution >= 4 is 11.2 Å². The van der Waals surface area contributed by atoms with Gasteiger partial charge in [-0.15, -0.1) is 0 Å². The average molecular weight is 422 g/mol. The Morgan fingerprint density at radius 1 is 0.750 bits per heavy atom. The lowest BCUT2D eigenvalue weighted by molar-refractivity contribution is 0.414. The highest BCUT2D eigenvalue weighted by molar-refractivity contribution is 5.77. The molecule has 6 heteroatoms. The Morgan fingerprint density at radius 3 is 1.84 bits per heavy atom. The van der Waals surface area contributed by atoms with E-state index < -0.39 is 0 Å². The molecule has 2 aromatic carbocycles. The largest absolute Gasteiger partial charge is 0.497 e. The topological polar surface area (TPSA) is 62.1 Å². The first-order valence-electron chi connectivity index (χ1n) is 10.1. The van der Waals surface area contributed by atoms with E-state index in [4.69, 9.17) is 9.47 Å². The van der Waals surface area contributed by atoms with Gasteiger partial charge in [-0.3, -0.25) is 0 Å². The number of hydrogen-bond donors (Lipinski definition) is 0. The van der Waals surface area contributed by atoms with Gasteiger partial charge in [0.2, 0.25) is 5.82 Å². The number of methoxy groups -OCH3 is 2. The summed E-state index contributed by atoms with van der Waals surface area (Å²) in [5, 5.41) is 0. The first-order valence-corrected chi connectivity index (χ1v) is 10.1. The van der Waals surface area contributed by atoms with E-state index >= 15 is 0 Å². The smallest absolute Gasteiger partial charge is 0.208 e. The molecule has 0 aliphatic carbocycles. The quantitative estimate of drug-likeness (QED) is 0.463. The lowest BCUT2D eigenvalue weighted by atomic mass is 10.2. The standard InChI is InChI=1S/C26H22N4O2/c1-18(2)30-17-27-25-23(15-9-19-5-11-21(31-3)12-6-19)28-24(29-26(25)30)16-10-20-7-13-22(32-4)14-8-20/h5-8,11-14,17-18H,1-4H3. The van der Waals surface area contributed by atoms with E-state index in [1.807, 2.05) is 53.1 Å². The maximum absolute atomic E-state index is 5.20. The van der Waals surface area contributed by atoms with Crippen LogP contribution in [0.2, 0.25) is 0 Å². The summed E-state index contributed by atoms with van der Waals surface area (Å²) >= 11 is 0. The molecule has 0 fully saturated rings. The van der Waals surface area contributed by atoms with Gasteiger partial charge in [0.15, 0.2) is 5.65 Å². The van der Waals surface area contributed by atoms with E-state index in [2.05, 4.69) is 52.5 Å². The van der Waals surface area contributed by atoms with Crippen molar-refractivity contribution < 1.29 is 9.47 Å². The third-order valence-electron chi connectivity index (χ3n) is 4.80. The molecule has 6 nitrogen and oxygen atoms in total. The van der Waals surface area contributed by atoms with Crippen molar-refractivity contribution in [2.75, 3.05) is 14.2 Å². The average Bonchev–Trinajstić information content (AvgIpc) is 3.26. The minimum absolute atomic E-state index is 0.194. The van der Waals surface area contributed by atoms with Crippen LogP contribution in [0.3, 0.4) is 0 Å². The van der Waals surface area contributed by atoms with Crippen LogP contribution in [-0.4, -0.2) is 33.7 Å². The molecular formula is C26H22N4O2. The van der Waals surface area contributed by atoms with Crippen molar-refractivity contribution in [2.24, 2.45) is 0 Å². The van der Waals surface area contributed by atoms with Gasteiger partial charge in [0, 0.05) is 17.2 Å². The molecule has 32 heavy (non-hydrogen) atoms. The van der Waals surface area contributed by atoms with Crippen LogP contribution in [0.1, 0.15) is 42.5 Å². The molecule has 0 N–H and O–H groups in total. The van der Waals surface area contributed by atoms with Crippen LogP contribution in [0.5, 0.6) is 11.5 Å². The summed E-state index contributed by atoms with van der Waals surface area (Å²) in [6, 6.07) is 15.3. The summed E-state index contributed by atoms with van der Waals surface area (Å²) in [6.45, 7) is 4.16. The first kappa shape index (κ1) is 21.0. The Bertz CT molecular complexity index is 1360. The molecule has 2 heterocycles. The van der Waals surface area contributed by atoms with Crippen LogP contribution in [0.15, 0.2) is 54.9 Å². The third kappa shape index (κ3) is 4.55. The molecule has 0 atom stereocenters. The van der Waals surface area contributed by atoms with E-state index in [1.54, 1.807) is 20.5 Å². The number of nitrogens with zero attached hydrogens (tertiary/aromatic N) is 4. The summed E-state index contributed by atoms with van der Waals surface area (Å²) in [5.41, 5.74) is 3.62. The SMILES string of the molecule is COc1ccc(C#Cc2nc(C#Cc3ccc(OC)cc3)c3ncn(C(C)C)c3n2)cc1. The fourth-order valence-corrected chi connectivity index (χ4v) is 3.05. The van der Waals surface area contributed by atoms with Crippen molar-refractivity contribution in [3.63, 3.8) is 0 Å². The summed E-state index contributed by atoms with van der Waals surface area (Å²) in [6.07, 6.45) is 1.77. The highest BCUT2D eigenvalue weighted by atomic mass is 16.5. The van der Waals surface area contributed by atoms with E-state index in [0.717, 1.165) is 22.6 Å². The van der Waals surface area contributed by atoms with Crippen molar-refractivity contribution in [3.05, 3.63) is 77.5 Å². The van der Waals surface area contributed by atoms with E-state index in [1.165, 1.54) is 0 Å². The maximum Gasteiger partial charge on any atom is 0.208 e. The van der Waals surface area contributed by atoms with Gasteiger partial charge in [-0.05, 0) is 74.2 Å². The Morgan fingerprint density at radius 2 is 1.31 bits per heavy atom. The van der Waals surface area contributed by atoms with Crippen LogP contribution in [-0.2, 0) is 0 Å². The minimum Gasteiger partial charge on any atom is -0.497 e. The van der Waals surface area contributed by atoms with E-state index in [9.17, 15) is 0 Å². The van der Waals surface area contributed by atoms with Crippen LogP contribution in [0.4, 0.5) is 0 Å². The number of ether oxygens (including phenoxy) is 2. The van der Waals surface area contributed by atoms with Gasteiger partial charge < -0.3 is 14.0 Å². The Labute approximate surface area is 187 Å². The predicted molar refractivity (Wildman–Crippen MR) is 124 cm³/mol. The molecule has 4 rings (SSSR count). The van der Waals surface area contributed by atoms with Crippen molar-refractivity contribution in [3.8, 4) is 35.2 Å². The Hall–Kier alpha value is -4.29. The second-order valence-electron chi connectivity index (χ2n) is 7.27. The van der Waals surface area contributed by atoms with Crippen LogP contribution < -0.4 is 9.47 Å². The maximum atomic E-state index is 5.20. The lowest BCUT2D eigenvalue weighted by Crippen LogP contribution is -2.03. The van der Waals surface area contributed by atoms with Gasteiger partial charge in [0.25, 0.3) is 0 Å². The van der Waals surface area contributed by atoms with Crippen molar-refractivity contribution in [1.82, 2.24) is 19.5 Å². The fraction of sp³-hybridized carbons (Fsp3) is 0.192. The first-order chi connectivity index (χ1) is 15.6. The summed E-state index contributed by atoms with van der Waals surface area (Å²) in [5.74, 6) is 14.4. The normalized spacial score (nSPS) is 10.3. The molecule has 2 aromatic heterocycles. The molecule has 0 bridgehead atoms. The van der Waals surface area contributed by atoms with Crippen molar-refractivity contribution in [1.29, 1.82) is 0 Å². The summed E-state index contributed by atoms with van der Waals surface area (Å²) in [4.78, 5) is 13.7. The van der Waals surface area contributed by atoms with E-state index in [0.29, 0.717) is 22.7 Å². The molecule has 0 spiro atoms. The molecular weight excluding hydrogens is 400 g/mol. The Kier molecular flexibility index (Phi) is 6.05. The number of aromatic nitrogens is 4. The monoisotopic (exact) mass is 422 g/mol. The molecule has 0 unspecified atom stereocenters. The number of fused-ring (bicyclic) bond motifs is 1.